The second-order valence-electron chi connectivity index (χ2n) is 2.99. The van der Waals surface area contributed by atoms with Crippen molar-refractivity contribution < 1.29 is 8.42 Å². The van der Waals surface area contributed by atoms with E-state index in [9.17, 15) is 8.42 Å². The Morgan fingerprint density at radius 3 is 2.71 bits per heavy atom. The lowest BCUT2D eigenvalue weighted by molar-refractivity contribution is 0.614. The van der Waals surface area contributed by atoms with Crippen LogP contribution in [0.3, 0.4) is 0 Å². The standard InChI is InChI=1S/C9H8ClNO2S/c10-14(12,13)8-5-7-3-1-2-4-9(7)11-6-8/h1-5,11H,6H2. The van der Waals surface area contributed by atoms with Gasteiger partial charge < -0.3 is 5.32 Å². The number of benzene rings is 1. The number of para-hydroxylation sites is 1. The Bertz CT molecular complexity index is 493. The first-order chi connectivity index (χ1) is 6.57. The van der Waals surface area contributed by atoms with Gasteiger partial charge in [0.25, 0.3) is 9.05 Å². The minimum Gasteiger partial charge on any atom is -0.380 e. The molecule has 0 unspecified atom stereocenters. The van der Waals surface area contributed by atoms with Crippen molar-refractivity contribution in [3.8, 4) is 0 Å². The van der Waals surface area contributed by atoms with Crippen molar-refractivity contribution in [3.63, 3.8) is 0 Å². The smallest absolute Gasteiger partial charge is 0.259 e. The zero-order valence-electron chi connectivity index (χ0n) is 7.20. The molecule has 0 fully saturated rings. The van der Waals surface area contributed by atoms with Gasteiger partial charge in [-0.3, -0.25) is 0 Å². The Balaban J connectivity index is 2.51. The van der Waals surface area contributed by atoms with Gasteiger partial charge in [-0.15, -0.1) is 0 Å². The highest BCUT2D eigenvalue weighted by Gasteiger charge is 2.18. The Kier molecular flexibility index (Phi) is 2.25. The molecular weight excluding hydrogens is 222 g/mol. The molecule has 14 heavy (non-hydrogen) atoms. The fraction of sp³-hybridized carbons (Fsp3) is 0.111. The first-order valence-electron chi connectivity index (χ1n) is 4.05. The summed E-state index contributed by atoms with van der Waals surface area (Å²) in [5, 5.41) is 2.99. The van der Waals surface area contributed by atoms with Gasteiger partial charge in [0.15, 0.2) is 0 Å². The molecule has 0 bridgehead atoms. The van der Waals surface area contributed by atoms with Crippen molar-refractivity contribution in [3.05, 3.63) is 34.7 Å². The summed E-state index contributed by atoms with van der Waals surface area (Å²) in [5.74, 6) is 0. The number of hydrogen-bond donors (Lipinski definition) is 1. The van der Waals surface area contributed by atoms with Crippen LogP contribution in [0.1, 0.15) is 5.56 Å². The normalized spacial score (nSPS) is 15.4. The lowest BCUT2D eigenvalue weighted by Crippen LogP contribution is -2.14. The van der Waals surface area contributed by atoms with Crippen LogP contribution in [-0.4, -0.2) is 15.0 Å². The van der Waals surface area contributed by atoms with Crippen molar-refractivity contribution in [1.82, 2.24) is 0 Å². The van der Waals surface area contributed by atoms with E-state index in [1.807, 2.05) is 24.3 Å². The number of fused-ring (bicyclic) bond motifs is 1. The molecule has 0 aromatic heterocycles. The first-order valence-corrected chi connectivity index (χ1v) is 6.36. The highest BCUT2D eigenvalue weighted by molar-refractivity contribution is 8.17. The van der Waals surface area contributed by atoms with Gasteiger partial charge in [-0.25, -0.2) is 8.42 Å². The third-order valence-corrected chi connectivity index (χ3v) is 3.53. The van der Waals surface area contributed by atoms with E-state index in [1.165, 1.54) is 0 Å². The summed E-state index contributed by atoms with van der Waals surface area (Å²) in [5.41, 5.74) is 1.77. The number of halogens is 1. The van der Waals surface area contributed by atoms with Crippen LogP contribution >= 0.6 is 10.7 Å². The molecule has 0 saturated heterocycles. The highest BCUT2D eigenvalue weighted by atomic mass is 35.7. The third kappa shape index (κ3) is 1.76. The minimum absolute atomic E-state index is 0.206. The van der Waals surface area contributed by atoms with E-state index in [4.69, 9.17) is 10.7 Å². The van der Waals surface area contributed by atoms with Gasteiger partial charge in [-0.2, -0.15) is 0 Å². The summed E-state index contributed by atoms with van der Waals surface area (Å²) in [6, 6.07) is 7.47. The molecule has 1 N–H and O–H groups in total. The van der Waals surface area contributed by atoms with E-state index < -0.39 is 9.05 Å². The largest absolute Gasteiger partial charge is 0.380 e. The van der Waals surface area contributed by atoms with Crippen LogP contribution in [0.5, 0.6) is 0 Å². The molecule has 1 heterocycles. The quantitative estimate of drug-likeness (QED) is 0.750. The van der Waals surface area contributed by atoms with E-state index in [2.05, 4.69) is 5.32 Å². The lowest BCUT2D eigenvalue weighted by atomic mass is 10.1. The molecule has 1 aromatic carbocycles. The number of anilines is 1. The lowest BCUT2D eigenvalue weighted by Gasteiger charge is -2.16. The maximum atomic E-state index is 11.1. The molecule has 74 valence electrons. The Labute approximate surface area is 86.8 Å². The van der Waals surface area contributed by atoms with E-state index in [1.54, 1.807) is 6.08 Å². The maximum Gasteiger partial charge on any atom is 0.259 e. The fourth-order valence-electron chi connectivity index (χ4n) is 1.35. The summed E-state index contributed by atoms with van der Waals surface area (Å²) in [6.07, 6.45) is 1.59. The number of rotatable bonds is 1. The van der Waals surface area contributed by atoms with Crippen molar-refractivity contribution in [2.45, 2.75) is 0 Å². The van der Waals surface area contributed by atoms with Gasteiger partial charge in [-0.05, 0) is 17.7 Å². The van der Waals surface area contributed by atoms with Crippen molar-refractivity contribution in [2.24, 2.45) is 0 Å². The molecule has 0 spiro atoms. The molecule has 1 aliphatic heterocycles. The van der Waals surface area contributed by atoms with Crippen molar-refractivity contribution in [1.29, 1.82) is 0 Å². The summed E-state index contributed by atoms with van der Waals surface area (Å²) in [6.45, 7) is 0.253. The Morgan fingerprint density at radius 2 is 2.00 bits per heavy atom. The minimum atomic E-state index is -3.60. The van der Waals surface area contributed by atoms with Gasteiger partial charge in [0, 0.05) is 16.4 Å². The maximum absolute atomic E-state index is 11.1. The molecule has 0 amide bonds. The Hall–Kier alpha value is -1.00. The predicted molar refractivity (Wildman–Crippen MR) is 57.7 cm³/mol. The topological polar surface area (TPSA) is 46.2 Å². The molecule has 0 radical (unpaired) electrons. The average molecular weight is 230 g/mol. The van der Waals surface area contributed by atoms with Gasteiger partial charge >= 0.3 is 0 Å². The third-order valence-electron chi connectivity index (χ3n) is 2.04. The summed E-state index contributed by atoms with van der Waals surface area (Å²) in [4.78, 5) is 0.206. The zero-order chi connectivity index (χ0) is 10.2. The summed E-state index contributed by atoms with van der Waals surface area (Å²) >= 11 is 0. The second kappa shape index (κ2) is 3.29. The molecular formula is C9H8ClNO2S. The first kappa shape index (κ1) is 9.55. The van der Waals surface area contributed by atoms with Crippen LogP contribution in [0.15, 0.2) is 29.2 Å². The summed E-state index contributed by atoms with van der Waals surface area (Å²) < 4.78 is 22.1. The van der Waals surface area contributed by atoms with Gasteiger partial charge in [0.1, 0.15) is 0 Å². The molecule has 2 rings (SSSR count). The van der Waals surface area contributed by atoms with Gasteiger partial charge in [-0.1, -0.05) is 18.2 Å². The molecule has 5 heteroatoms. The van der Waals surface area contributed by atoms with E-state index >= 15 is 0 Å². The van der Waals surface area contributed by atoms with Crippen LogP contribution in [0.2, 0.25) is 0 Å². The molecule has 1 aliphatic rings. The van der Waals surface area contributed by atoms with Crippen LogP contribution in [0, 0.1) is 0 Å². The highest BCUT2D eigenvalue weighted by Crippen LogP contribution is 2.26. The SMILES string of the molecule is O=S(=O)(Cl)C1=Cc2ccccc2NC1. The molecule has 0 atom stereocenters. The number of hydrogen-bond acceptors (Lipinski definition) is 3. The van der Waals surface area contributed by atoms with Crippen molar-refractivity contribution in [2.75, 3.05) is 11.9 Å². The van der Waals surface area contributed by atoms with E-state index in [-0.39, 0.29) is 11.4 Å². The van der Waals surface area contributed by atoms with Crippen molar-refractivity contribution >= 4 is 31.5 Å². The number of nitrogens with one attached hydrogen (secondary N) is 1. The van der Waals surface area contributed by atoms with Gasteiger partial charge in [0.05, 0.1) is 11.4 Å². The zero-order valence-corrected chi connectivity index (χ0v) is 8.77. The monoisotopic (exact) mass is 229 g/mol. The second-order valence-corrected chi connectivity index (χ2v) is 5.61. The van der Waals surface area contributed by atoms with Crippen LogP contribution in [0.25, 0.3) is 6.08 Å². The van der Waals surface area contributed by atoms with Crippen LogP contribution in [-0.2, 0) is 9.05 Å². The molecule has 0 aliphatic carbocycles. The summed E-state index contributed by atoms with van der Waals surface area (Å²) in [7, 11) is 1.64. The molecule has 1 aromatic rings. The molecule has 3 nitrogen and oxygen atoms in total. The fourth-order valence-corrected chi connectivity index (χ4v) is 2.16. The average Bonchev–Trinajstić information content (AvgIpc) is 2.16. The van der Waals surface area contributed by atoms with Gasteiger partial charge in [0.2, 0.25) is 0 Å². The Morgan fingerprint density at radius 1 is 1.29 bits per heavy atom. The predicted octanol–water partition coefficient (Wildman–Crippen LogP) is 2.02. The van der Waals surface area contributed by atoms with Crippen LogP contribution in [0.4, 0.5) is 5.69 Å². The van der Waals surface area contributed by atoms with E-state index in [0.29, 0.717) is 0 Å². The van der Waals surface area contributed by atoms with E-state index in [0.717, 1.165) is 11.3 Å². The van der Waals surface area contributed by atoms with Crippen LogP contribution < -0.4 is 5.32 Å². The molecule has 0 saturated carbocycles.